The number of nitrogens with one attached hydrogen (secondary N) is 1. The molecule has 0 bridgehead atoms. The first-order valence-corrected chi connectivity index (χ1v) is 7.27. The van der Waals surface area contributed by atoms with Crippen molar-refractivity contribution in [3.05, 3.63) is 33.9 Å². The molecule has 0 aliphatic heterocycles. The molecular formula is C15H20F2N2O2. The second-order valence-electron chi connectivity index (χ2n) is 5.84. The number of anilines is 1. The van der Waals surface area contributed by atoms with Gasteiger partial charge in [-0.1, -0.05) is 19.8 Å². The fraction of sp³-hybridized carbons (Fsp3) is 0.600. The van der Waals surface area contributed by atoms with E-state index in [2.05, 4.69) is 12.2 Å². The van der Waals surface area contributed by atoms with Crippen molar-refractivity contribution >= 4 is 11.4 Å². The summed E-state index contributed by atoms with van der Waals surface area (Å²) < 4.78 is 26.1. The lowest BCUT2D eigenvalue weighted by atomic mass is 9.83. The summed E-state index contributed by atoms with van der Waals surface area (Å²) in [5.41, 5.74) is -0.301. The number of halogens is 2. The van der Waals surface area contributed by atoms with Gasteiger partial charge in [0.15, 0.2) is 0 Å². The first-order chi connectivity index (χ1) is 9.97. The molecule has 0 unspecified atom stereocenters. The quantitative estimate of drug-likeness (QED) is 0.629. The first kappa shape index (κ1) is 15.7. The molecule has 0 aromatic heterocycles. The number of nitro groups is 1. The van der Waals surface area contributed by atoms with Crippen LogP contribution in [0.2, 0.25) is 0 Å². The van der Waals surface area contributed by atoms with Crippen LogP contribution in [-0.4, -0.2) is 11.5 Å². The summed E-state index contributed by atoms with van der Waals surface area (Å²) in [4.78, 5) is 10.0. The molecule has 116 valence electrons. The second-order valence-corrected chi connectivity index (χ2v) is 5.84. The highest BCUT2D eigenvalue weighted by Crippen LogP contribution is 2.32. The predicted octanol–water partition coefficient (Wildman–Crippen LogP) is 4.77. The number of hydrogen-bond donors (Lipinski definition) is 1. The largest absolute Gasteiger partial charge is 0.384 e. The average molecular weight is 298 g/mol. The van der Waals surface area contributed by atoms with E-state index >= 15 is 0 Å². The van der Waals surface area contributed by atoms with E-state index in [1.54, 1.807) is 0 Å². The van der Waals surface area contributed by atoms with Crippen molar-refractivity contribution in [2.45, 2.75) is 39.0 Å². The summed E-state index contributed by atoms with van der Waals surface area (Å²) in [7, 11) is 0. The average Bonchev–Trinajstić information content (AvgIpc) is 2.46. The lowest BCUT2D eigenvalue weighted by Crippen LogP contribution is -2.20. The minimum Gasteiger partial charge on any atom is -0.384 e. The molecule has 1 aromatic rings. The van der Waals surface area contributed by atoms with E-state index in [0.717, 1.165) is 24.8 Å². The van der Waals surface area contributed by atoms with Crippen molar-refractivity contribution in [1.29, 1.82) is 0 Å². The Bertz CT molecular complexity index is 500. The minimum atomic E-state index is -2.72. The maximum Gasteiger partial charge on any atom is 0.270 e. The highest BCUT2D eigenvalue weighted by molar-refractivity contribution is 5.56. The van der Waals surface area contributed by atoms with Crippen LogP contribution in [-0.2, 0) is 0 Å². The Labute approximate surface area is 122 Å². The van der Waals surface area contributed by atoms with E-state index in [-0.39, 0.29) is 11.3 Å². The Balaban J connectivity index is 2.03. The molecular weight excluding hydrogens is 278 g/mol. The Morgan fingerprint density at radius 3 is 2.57 bits per heavy atom. The molecule has 2 rings (SSSR count). The SMILES string of the molecule is CC1CCC(CNc2ccc([N+](=O)[O-])cc2C(F)F)CC1. The zero-order valence-electron chi connectivity index (χ0n) is 12.0. The van der Waals surface area contributed by atoms with E-state index in [4.69, 9.17) is 0 Å². The van der Waals surface area contributed by atoms with Gasteiger partial charge in [-0.2, -0.15) is 0 Å². The number of rotatable bonds is 5. The van der Waals surface area contributed by atoms with Crippen LogP contribution in [0.3, 0.4) is 0 Å². The lowest BCUT2D eigenvalue weighted by Gasteiger charge is -2.26. The molecule has 6 heteroatoms. The molecule has 0 atom stereocenters. The summed E-state index contributed by atoms with van der Waals surface area (Å²) in [6.45, 7) is 2.87. The van der Waals surface area contributed by atoms with E-state index in [9.17, 15) is 18.9 Å². The highest BCUT2D eigenvalue weighted by Gasteiger charge is 2.21. The van der Waals surface area contributed by atoms with E-state index in [1.807, 2.05) is 0 Å². The van der Waals surface area contributed by atoms with Crippen molar-refractivity contribution in [2.75, 3.05) is 11.9 Å². The smallest absolute Gasteiger partial charge is 0.270 e. The molecule has 0 saturated heterocycles. The molecule has 1 aromatic carbocycles. The molecule has 1 fully saturated rings. The zero-order chi connectivity index (χ0) is 15.4. The van der Waals surface area contributed by atoms with Crippen molar-refractivity contribution in [3.8, 4) is 0 Å². The Kier molecular flexibility index (Phi) is 5.09. The molecule has 0 heterocycles. The minimum absolute atomic E-state index is 0.298. The molecule has 4 nitrogen and oxygen atoms in total. The number of nitrogens with zero attached hydrogens (tertiary/aromatic N) is 1. The summed E-state index contributed by atoms with van der Waals surface area (Å²) >= 11 is 0. The third kappa shape index (κ3) is 4.12. The molecule has 1 saturated carbocycles. The number of hydrogen-bond acceptors (Lipinski definition) is 3. The monoisotopic (exact) mass is 298 g/mol. The maximum absolute atomic E-state index is 13.0. The van der Waals surface area contributed by atoms with Crippen LogP contribution in [0, 0.1) is 22.0 Å². The normalized spacial score (nSPS) is 22.3. The third-order valence-electron chi connectivity index (χ3n) is 4.20. The van der Waals surface area contributed by atoms with Crippen molar-refractivity contribution in [1.82, 2.24) is 0 Å². The van der Waals surface area contributed by atoms with Gasteiger partial charge in [-0.15, -0.1) is 0 Å². The first-order valence-electron chi connectivity index (χ1n) is 7.27. The standard InChI is InChI=1S/C15H20F2N2O2/c1-10-2-4-11(5-3-10)9-18-14-7-6-12(19(20)21)8-13(14)15(16)17/h6-8,10-11,15,18H,2-5,9H2,1H3. The Morgan fingerprint density at radius 2 is 2.00 bits per heavy atom. The Morgan fingerprint density at radius 1 is 1.33 bits per heavy atom. The highest BCUT2D eigenvalue weighted by atomic mass is 19.3. The molecule has 0 radical (unpaired) electrons. The van der Waals surface area contributed by atoms with Gasteiger partial charge in [0.05, 0.1) is 4.92 Å². The topological polar surface area (TPSA) is 55.2 Å². The Hall–Kier alpha value is -1.72. The van der Waals surface area contributed by atoms with Crippen LogP contribution in [0.1, 0.15) is 44.6 Å². The predicted molar refractivity (Wildman–Crippen MR) is 77.7 cm³/mol. The van der Waals surface area contributed by atoms with Gasteiger partial charge in [0.2, 0.25) is 0 Å². The second kappa shape index (κ2) is 6.83. The summed E-state index contributed by atoms with van der Waals surface area (Å²) in [6, 6.07) is 3.60. The van der Waals surface area contributed by atoms with Crippen LogP contribution >= 0.6 is 0 Å². The van der Waals surface area contributed by atoms with Crippen LogP contribution in [0.4, 0.5) is 20.2 Å². The van der Waals surface area contributed by atoms with E-state index in [1.165, 1.54) is 25.0 Å². The van der Waals surface area contributed by atoms with Gasteiger partial charge < -0.3 is 5.32 Å². The fourth-order valence-electron chi connectivity index (χ4n) is 2.79. The summed E-state index contributed by atoms with van der Waals surface area (Å²) in [5, 5.41) is 13.7. The van der Waals surface area contributed by atoms with Crippen LogP contribution < -0.4 is 5.32 Å². The number of nitro benzene ring substituents is 1. The summed E-state index contributed by atoms with van der Waals surface area (Å²) in [5.74, 6) is 1.24. The maximum atomic E-state index is 13.0. The van der Waals surface area contributed by atoms with E-state index < -0.39 is 11.3 Å². The summed E-state index contributed by atoms with van der Waals surface area (Å²) in [6.07, 6.45) is 1.83. The number of benzene rings is 1. The molecule has 1 N–H and O–H groups in total. The fourth-order valence-corrected chi connectivity index (χ4v) is 2.79. The van der Waals surface area contributed by atoms with Gasteiger partial charge in [0.1, 0.15) is 0 Å². The van der Waals surface area contributed by atoms with Crippen molar-refractivity contribution in [2.24, 2.45) is 11.8 Å². The van der Waals surface area contributed by atoms with Gasteiger partial charge in [0.25, 0.3) is 12.1 Å². The molecule has 1 aliphatic carbocycles. The number of alkyl halides is 2. The van der Waals surface area contributed by atoms with Gasteiger partial charge in [-0.25, -0.2) is 8.78 Å². The molecule has 21 heavy (non-hydrogen) atoms. The van der Waals surface area contributed by atoms with Crippen molar-refractivity contribution < 1.29 is 13.7 Å². The van der Waals surface area contributed by atoms with Gasteiger partial charge in [-0.3, -0.25) is 10.1 Å². The molecule has 0 amide bonds. The van der Waals surface area contributed by atoms with Crippen LogP contribution in [0.25, 0.3) is 0 Å². The van der Waals surface area contributed by atoms with Gasteiger partial charge >= 0.3 is 0 Å². The van der Waals surface area contributed by atoms with Gasteiger partial charge in [0, 0.05) is 29.9 Å². The van der Waals surface area contributed by atoms with Crippen molar-refractivity contribution in [3.63, 3.8) is 0 Å². The zero-order valence-corrected chi connectivity index (χ0v) is 12.0. The van der Waals surface area contributed by atoms with E-state index in [0.29, 0.717) is 18.2 Å². The van der Waals surface area contributed by atoms with Crippen LogP contribution in [0.5, 0.6) is 0 Å². The molecule has 0 spiro atoms. The lowest BCUT2D eigenvalue weighted by molar-refractivity contribution is -0.385. The van der Waals surface area contributed by atoms with Gasteiger partial charge in [-0.05, 0) is 30.7 Å². The van der Waals surface area contributed by atoms with Crippen LogP contribution in [0.15, 0.2) is 18.2 Å². The number of non-ortho nitro benzene ring substituents is 1. The molecule has 1 aliphatic rings. The third-order valence-corrected chi connectivity index (χ3v) is 4.20.